The highest BCUT2D eigenvalue weighted by molar-refractivity contribution is 4.84. The van der Waals surface area contributed by atoms with Gasteiger partial charge in [0.2, 0.25) is 0 Å². The van der Waals surface area contributed by atoms with E-state index in [1.165, 1.54) is 71.2 Å². The van der Waals surface area contributed by atoms with Crippen molar-refractivity contribution >= 4 is 0 Å². The molecule has 0 radical (unpaired) electrons. The van der Waals surface area contributed by atoms with Gasteiger partial charge in [0.15, 0.2) is 0 Å². The predicted octanol–water partition coefficient (Wildman–Crippen LogP) is 2.56. The lowest BCUT2D eigenvalue weighted by Gasteiger charge is -2.41. The smallest absolute Gasteiger partial charge is 0.0246 e. The molecule has 0 aromatic rings. The third-order valence-corrected chi connectivity index (χ3v) is 5.67. The number of rotatable bonds is 7. The number of piperidine rings is 1. The van der Waals surface area contributed by atoms with Crippen LogP contribution in [-0.2, 0) is 0 Å². The SMILES string of the molecule is CCC(CC)C(CN)N1CCC(CN2CCCC2)CC1. The lowest BCUT2D eigenvalue weighted by molar-refractivity contribution is 0.0848. The molecule has 2 saturated heterocycles. The standard InChI is InChI=1S/C17H35N3/c1-3-16(4-2)17(13-18)20-11-7-15(8-12-20)14-19-9-5-6-10-19/h15-17H,3-14,18H2,1-2H3. The molecule has 0 amide bonds. The first-order valence-corrected chi connectivity index (χ1v) is 8.94. The van der Waals surface area contributed by atoms with Gasteiger partial charge in [-0.1, -0.05) is 26.7 Å². The second-order valence-electron chi connectivity index (χ2n) is 6.87. The predicted molar refractivity (Wildman–Crippen MR) is 86.9 cm³/mol. The van der Waals surface area contributed by atoms with Crippen molar-refractivity contribution in [1.82, 2.24) is 9.80 Å². The van der Waals surface area contributed by atoms with Crippen molar-refractivity contribution in [3.05, 3.63) is 0 Å². The molecule has 0 aromatic carbocycles. The number of hydrogen-bond donors (Lipinski definition) is 1. The lowest BCUT2D eigenvalue weighted by Crippen LogP contribution is -2.49. The molecule has 2 aliphatic rings. The van der Waals surface area contributed by atoms with Crippen molar-refractivity contribution in [3.63, 3.8) is 0 Å². The van der Waals surface area contributed by atoms with Crippen LogP contribution in [0.2, 0.25) is 0 Å². The third-order valence-electron chi connectivity index (χ3n) is 5.67. The Labute approximate surface area is 125 Å². The molecule has 2 heterocycles. The topological polar surface area (TPSA) is 32.5 Å². The summed E-state index contributed by atoms with van der Waals surface area (Å²) in [5.41, 5.74) is 6.07. The maximum atomic E-state index is 6.07. The van der Waals surface area contributed by atoms with Crippen LogP contribution in [0.1, 0.15) is 52.4 Å². The van der Waals surface area contributed by atoms with Gasteiger partial charge in [0, 0.05) is 19.1 Å². The fraction of sp³-hybridized carbons (Fsp3) is 1.00. The average molecular weight is 281 g/mol. The van der Waals surface area contributed by atoms with E-state index < -0.39 is 0 Å². The van der Waals surface area contributed by atoms with E-state index in [1.54, 1.807) is 0 Å². The van der Waals surface area contributed by atoms with Crippen LogP contribution in [0.4, 0.5) is 0 Å². The molecule has 0 aliphatic carbocycles. The van der Waals surface area contributed by atoms with Crippen molar-refractivity contribution in [2.45, 2.75) is 58.4 Å². The van der Waals surface area contributed by atoms with Crippen LogP contribution in [0, 0.1) is 11.8 Å². The van der Waals surface area contributed by atoms with Crippen LogP contribution in [0.25, 0.3) is 0 Å². The van der Waals surface area contributed by atoms with Crippen LogP contribution in [0.15, 0.2) is 0 Å². The summed E-state index contributed by atoms with van der Waals surface area (Å²) in [6.45, 7) is 12.1. The van der Waals surface area contributed by atoms with Crippen LogP contribution in [0.5, 0.6) is 0 Å². The number of nitrogens with two attached hydrogens (primary N) is 1. The second-order valence-corrected chi connectivity index (χ2v) is 6.87. The summed E-state index contributed by atoms with van der Waals surface area (Å²) in [4.78, 5) is 5.37. The summed E-state index contributed by atoms with van der Waals surface area (Å²) in [5.74, 6) is 1.72. The molecule has 1 atom stereocenters. The molecule has 1 unspecified atom stereocenters. The molecule has 2 fully saturated rings. The molecule has 2 rings (SSSR count). The zero-order valence-electron chi connectivity index (χ0n) is 13.7. The Kier molecular flexibility index (Phi) is 6.79. The largest absolute Gasteiger partial charge is 0.329 e. The molecular weight excluding hydrogens is 246 g/mol. The quantitative estimate of drug-likeness (QED) is 0.778. The zero-order valence-corrected chi connectivity index (χ0v) is 13.7. The van der Waals surface area contributed by atoms with Gasteiger partial charge < -0.3 is 10.6 Å². The van der Waals surface area contributed by atoms with Gasteiger partial charge in [0.25, 0.3) is 0 Å². The highest BCUT2D eigenvalue weighted by atomic mass is 15.2. The van der Waals surface area contributed by atoms with Crippen LogP contribution >= 0.6 is 0 Å². The fourth-order valence-corrected chi connectivity index (χ4v) is 4.27. The number of nitrogens with zero attached hydrogens (tertiary/aromatic N) is 2. The van der Waals surface area contributed by atoms with Gasteiger partial charge in [-0.2, -0.15) is 0 Å². The Hall–Kier alpha value is -0.120. The normalized spacial score (nSPS) is 24.6. The van der Waals surface area contributed by atoms with Gasteiger partial charge in [-0.25, -0.2) is 0 Å². The Bertz CT molecular complexity index is 251. The molecule has 0 spiro atoms. The van der Waals surface area contributed by atoms with E-state index in [0.29, 0.717) is 6.04 Å². The van der Waals surface area contributed by atoms with E-state index in [9.17, 15) is 0 Å². The molecule has 0 saturated carbocycles. The minimum atomic E-state index is 0.623. The van der Waals surface area contributed by atoms with Crippen molar-refractivity contribution in [2.75, 3.05) is 39.3 Å². The fourth-order valence-electron chi connectivity index (χ4n) is 4.27. The molecular formula is C17H35N3. The molecule has 0 aromatic heterocycles. The van der Waals surface area contributed by atoms with Crippen molar-refractivity contribution < 1.29 is 0 Å². The van der Waals surface area contributed by atoms with Gasteiger partial charge in [0.1, 0.15) is 0 Å². The first-order chi connectivity index (χ1) is 9.78. The molecule has 2 N–H and O–H groups in total. The van der Waals surface area contributed by atoms with Crippen molar-refractivity contribution in [2.24, 2.45) is 17.6 Å². The summed E-state index contributed by atoms with van der Waals surface area (Å²) in [6, 6.07) is 0.623. The van der Waals surface area contributed by atoms with Gasteiger partial charge in [-0.3, -0.25) is 4.90 Å². The van der Waals surface area contributed by atoms with E-state index in [2.05, 4.69) is 23.6 Å². The van der Waals surface area contributed by atoms with E-state index >= 15 is 0 Å². The maximum absolute atomic E-state index is 6.07. The molecule has 2 aliphatic heterocycles. The second kappa shape index (κ2) is 8.35. The van der Waals surface area contributed by atoms with Crippen molar-refractivity contribution in [3.8, 4) is 0 Å². The van der Waals surface area contributed by atoms with Crippen LogP contribution in [0.3, 0.4) is 0 Å². The lowest BCUT2D eigenvalue weighted by atomic mass is 9.89. The number of likely N-dealkylation sites (tertiary alicyclic amines) is 2. The highest BCUT2D eigenvalue weighted by Gasteiger charge is 2.29. The summed E-state index contributed by atoms with van der Waals surface area (Å²) < 4.78 is 0. The summed E-state index contributed by atoms with van der Waals surface area (Å²) in [5, 5.41) is 0. The van der Waals surface area contributed by atoms with Crippen molar-refractivity contribution in [1.29, 1.82) is 0 Å². The highest BCUT2D eigenvalue weighted by Crippen LogP contribution is 2.25. The Balaban J connectivity index is 1.77. The first kappa shape index (κ1) is 16.3. The van der Waals surface area contributed by atoms with Gasteiger partial charge in [-0.05, 0) is 63.7 Å². The Morgan fingerprint density at radius 3 is 2.10 bits per heavy atom. The average Bonchev–Trinajstić information content (AvgIpc) is 2.99. The molecule has 20 heavy (non-hydrogen) atoms. The summed E-state index contributed by atoms with van der Waals surface area (Å²) in [7, 11) is 0. The van der Waals surface area contributed by atoms with E-state index in [4.69, 9.17) is 5.73 Å². The van der Waals surface area contributed by atoms with E-state index in [1.807, 2.05) is 0 Å². The molecule has 3 heteroatoms. The summed E-state index contributed by atoms with van der Waals surface area (Å²) >= 11 is 0. The Morgan fingerprint density at radius 1 is 1.00 bits per heavy atom. The maximum Gasteiger partial charge on any atom is 0.0246 e. The zero-order chi connectivity index (χ0) is 14.4. The molecule has 118 valence electrons. The summed E-state index contributed by atoms with van der Waals surface area (Å²) in [6.07, 6.45) is 8.14. The van der Waals surface area contributed by atoms with Crippen LogP contribution < -0.4 is 5.73 Å². The number of hydrogen-bond acceptors (Lipinski definition) is 3. The molecule has 0 bridgehead atoms. The molecule has 3 nitrogen and oxygen atoms in total. The third kappa shape index (κ3) is 4.19. The minimum absolute atomic E-state index is 0.623. The van der Waals surface area contributed by atoms with E-state index in [-0.39, 0.29) is 0 Å². The van der Waals surface area contributed by atoms with Gasteiger partial charge in [0.05, 0.1) is 0 Å². The Morgan fingerprint density at radius 2 is 1.60 bits per heavy atom. The van der Waals surface area contributed by atoms with E-state index in [0.717, 1.165) is 18.4 Å². The van der Waals surface area contributed by atoms with Gasteiger partial charge in [-0.15, -0.1) is 0 Å². The monoisotopic (exact) mass is 281 g/mol. The first-order valence-electron chi connectivity index (χ1n) is 8.94. The van der Waals surface area contributed by atoms with Crippen LogP contribution in [-0.4, -0.2) is 55.1 Å². The minimum Gasteiger partial charge on any atom is -0.329 e. The van der Waals surface area contributed by atoms with Gasteiger partial charge >= 0.3 is 0 Å².